The minimum absolute atomic E-state index is 0.346. The average Bonchev–Trinajstić information content (AvgIpc) is 2.92. The van der Waals surface area contributed by atoms with E-state index in [1.165, 1.54) is 12.8 Å². The molecule has 1 aromatic rings. The van der Waals surface area contributed by atoms with Crippen molar-refractivity contribution in [2.24, 2.45) is 5.92 Å². The van der Waals surface area contributed by atoms with E-state index in [0.717, 1.165) is 34.2 Å². The fraction of sp³-hybridized carbons (Fsp3) is 0.636. The van der Waals surface area contributed by atoms with E-state index in [2.05, 4.69) is 0 Å². The number of aryl methyl sites for hydroxylation is 1. The molecule has 0 aliphatic heterocycles. The molecule has 1 N–H and O–H groups in total. The number of rotatable bonds is 4. The summed E-state index contributed by atoms with van der Waals surface area (Å²) in [6.07, 6.45) is 4.37. The summed E-state index contributed by atoms with van der Waals surface area (Å²) in [5.74, 6) is 0.879. The van der Waals surface area contributed by atoms with Crippen LogP contribution in [0.1, 0.15) is 42.2 Å². The van der Waals surface area contributed by atoms with Gasteiger partial charge in [0.25, 0.3) is 0 Å². The van der Waals surface area contributed by atoms with Crippen LogP contribution in [0.15, 0.2) is 5.38 Å². The van der Waals surface area contributed by atoms with E-state index >= 15 is 0 Å². The van der Waals surface area contributed by atoms with Crippen LogP contribution >= 0.6 is 22.9 Å². The van der Waals surface area contributed by atoms with Crippen molar-refractivity contribution in [1.29, 1.82) is 0 Å². The fourth-order valence-electron chi connectivity index (χ4n) is 1.61. The maximum atomic E-state index is 9.92. The number of hydrogen-bond donors (Lipinski definition) is 1. The predicted molar refractivity (Wildman–Crippen MR) is 61.0 cm³/mol. The summed E-state index contributed by atoms with van der Waals surface area (Å²) in [5.41, 5.74) is 1.08. The van der Waals surface area contributed by atoms with Crippen LogP contribution in [-0.4, -0.2) is 5.11 Å². The Balaban J connectivity index is 1.95. The molecule has 1 heterocycles. The molecule has 3 heteroatoms. The summed E-state index contributed by atoms with van der Waals surface area (Å²) in [7, 11) is 0. The van der Waals surface area contributed by atoms with E-state index < -0.39 is 0 Å². The fourth-order valence-corrected chi connectivity index (χ4v) is 2.95. The number of aliphatic hydroxyl groups is 1. The smallest absolute Gasteiger partial charge is 0.0897 e. The summed E-state index contributed by atoms with van der Waals surface area (Å²) in [6, 6.07) is 0. The Morgan fingerprint density at radius 1 is 1.64 bits per heavy atom. The lowest BCUT2D eigenvalue weighted by molar-refractivity contribution is 0.166. The summed E-state index contributed by atoms with van der Waals surface area (Å²) in [4.78, 5) is 0.949. The van der Waals surface area contributed by atoms with Gasteiger partial charge in [0.05, 0.1) is 16.0 Å². The zero-order chi connectivity index (χ0) is 10.1. The highest BCUT2D eigenvalue weighted by Gasteiger charge is 2.23. The third-order valence-electron chi connectivity index (χ3n) is 2.77. The van der Waals surface area contributed by atoms with E-state index in [1.54, 1.807) is 11.3 Å². The largest absolute Gasteiger partial charge is 0.388 e. The number of halogens is 1. The zero-order valence-corrected chi connectivity index (χ0v) is 9.87. The Kier molecular flexibility index (Phi) is 3.15. The van der Waals surface area contributed by atoms with Crippen molar-refractivity contribution in [1.82, 2.24) is 0 Å². The quantitative estimate of drug-likeness (QED) is 0.831. The molecule has 1 aliphatic rings. The Morgan fingerprint density at radius 2 is 2.36 bits per heavy atom. The van der Waals surface area contributed by atoms with Crippen molar-refractivity contribution in [3.63, 3.8) is 0 Å². The van der Waals surface area contributed by atoms with E-state index in [1.807, 2.05) is 12.3 Å². The maximum Gasteiger partial charge on any atom is 0.0897 e. The number of hydrogen-bond acceptors (Lipinski definition) is 2. The number of thiophene rings is 1. The molecule has 1 atom stereocenters. The highest BCUT2D eigenvalue weighted by Crippen LogP contribution is 2.39. The Labute approximate surface area is 93.7 Å². The highest BCUT2D eigenvalue weighted by atomic mass is 35.5. The first kappa shape index (κ1) is 10.5. The van der Waals surface area contributed by atoms with Crippen molar-refractivity contribution in [2.45, 2.75) is 38.7 Å². The zero-order valence-electron chi connectivity index (χ0n) is 8.29. The maximum absolute atomic E-state index is 9.92. The van der Waals surface area contributed by atoms with Gasteiger partial charge < -0.3 is 5.11 Å². The van der Waals surface area contributed by atoms with Gasteiger partial charge in [0.15, 0.2) is 0 Å². The minimum atomic E-state index is -0.346. The molecule has 0 saturated heterocycles. The van der Waals surface area contributed by atoms with Crippen molar-refractivity contribution in [3.8, 4) is 0 Å². The second-order valence-electron chi connectivity index (χ2n) is 4.13. The Hall–Kier alpha value is -0.0500. The van der Waals surface area contributed by atoms with E-state index in [4.69, 9.17) is 11.6 Å². The number of aliphatic hydroxyl groups excluding tert-OH is 1. The normalized spacial score (nSPS) is 18.5. The third kappa shape index (κ3) is 2.30. The average molecular weight is 231 g/mol. The van der Waals surface area contributed by atoms with Gasteiger partial charge >= 0.3 is 0 Å². The van der Waals surface area contributed by atoms with Crippen LogP contribution in [0.5, 0.6) is 0 Å². The van der Waals surface area contributed by atoms with Gasteiger partial charge in [-0.1, -0.05) is 24.4 Å². The van der Waals surface area contributed by atoms with Crippen LogP contribution in [0, 0.1) is 12.8 Å². The SMILES string of the molecule is Cc1csc(C(O)CCC2CC2)c1Cl. The molecular formula is C11H15ClOS. The second kappa shape index (κ2) is 4.21. The van der Waals surface area contributed by atoms with Gasteiger partial charge in [-0.25, -0.2) is 0 Å². The lowest BCUT2D eigenvalue weighted by Gasteiger charge is -2.08. The molecule has 1 unspecified atom stereocenters. The van der Waals surface area contributed by atoms with Crippen LogP contribution in [0.2, 0.25) is 5.02 Å². The molecule has 1 aromatic heterocycles. The molecule has 1 saturated carbocycles. The first-order valence-corrected chi connectivity index (χ1v) is 6.35. The molecule has 0 radical (unpaired) electrons. The Morgan fingerprint density at radius 3 is 2.86 bits per heavy atom. The molecular weight excluding hydrogens is 216 g/mol. The van der Waals surface area contributed by atoms with Crippen molar-refractivity contribution >= 4 is 22.9 Å². The molecule has 14 heavy (non-hydrogen) atoms. The molecule has 78 valence electrons. The highest BCUT2D eigenvalue weighted by molar-refractivity contribution is 7.10. The van der Waals surface area contributed by atoms with Crippen molar-refractivity contribution < 1.29 is 5.11 Å². The van der Waals surface area contributed by atoms with Gasteiger partial charge in [-0.15, -0.1) is 11.3 Å². The van der Waals surface area contributed by atoms with Crippen LogP contribution in [0.25, 0.3) is 0 Å². The van der Waals surface area contributed by atoms with Gasteiger partial charge in [-0.3, -0.25) is 0 Å². The van der Waals surface area contributed by atoms with Crippen LogP contribution in [0.4, 0.5) is 0 Å². The van der Waals surface area contributed by atoms with Crippen LogP contribution in [0.3, 0.4) is 0 Å². The van der Waals surface area contributed by atoms with Crippen LogP contribution in [-0.2, 0) is 0 Å². The lowest BCUT2D eigenvalue weighted by Crippen LogP contribution is -1.95. The van der Waals surface area contributed by atoms with Gasteiger partial charge in [0.1, 0.15) is 0 Å². The van der Waals surface area contributed by atoms with Gasteiger partial charge in [0.2, 0.25) is 0 Å². The van der Waals surface area contributed by atoms with Gasteiger partial charge in [-0.2, -0.15) is 0 Å². The van der Waals surface area contributed by atoms with E-state index in [0.29, 0.717) is 0 Å². The van der Waals surface area contributed by atoms with Crippen molar-refractivity contribution in [2.75, 3.05) is 0 Å². The first-order chi connectivity index (χ1) is 6.68. The predicted octanol–water partition coefficient (Wildman–Crippen LogP) is 3.93. The first-order valence-electron chi connectivity index (χ1n) is 5.10. The lowest BCUT2D eigenvalue weighted by atomic mass is 10.1. The molecule has 0 bridgehead atoms. The molecule has 1 nitrogen and oxygen atoms in total. The molecule has 0 aromatic carbocycles. The standard InChI is InChI=1S/C11H15ClOS/c1-7-6-14-11(10(7)12)9(13)5-4-8-2-3-8/h6,8-9,13H,2-5H2,1H3. The molecule has 0 amide bonds. The molecule has 1 aliphatic carbocycles. The second-order valence-corrected chi connectivity index (χ2v) is 5.42. The monoisotopic (exact) mass is 230 g/mol. The van der Waals surface area contributed by atoms with E-state index in [9.17, 15) is 5.11 Å². The summed E-state index contributed by atoms with van der Waals surface area (Å²) >= 11 is 7.66. The summed E-state index contributed by atoms with van der Waals surface area (Å²) < 4.78 is 0. The molecule has 2 rings (SSSR count). The van der Waals surface area contributed by atoms with Gasteiger partial charge in [0, 0.05) is 0 Å². The molecule has 0 spiro atoms. The summed E-state index contributed by atoms with van der Waals surface area (Å²) in [6.45, 7) is 1.98. The summed E-state index contributed by atoms with van der Waals surface area (Å²) in [5, 5.41) is 12.7. The van der Waals surface area contributed by atoms with Crippen LogP contribution < -0.4 is 0 Å². The van der Waals surface area contributed by atoms with E-state index in [-0.39, 0.29) is 6.10 Å². The third-order valence-corrected chi connectivity index (χ3v) is 4.59. The molecule has 1 fully saturated rings. The van der Waals surface area contributed by atoms with Crippen molar-refractivity contribution in [3.05, 3.63) is 20.8 Å². The van der Waals surface area contributed by atoms with Gasteiger partial charge in [-0.05, 0) is 36.6 Å². The minimum Gasteiger partial charge on any atom is -0.388 e. The topological polar surface area (TPSA) is 20.2 Å². The Bertz CT molecular complexity index is 317.